The topological polar surface area (TPSA) is 70.8 Å². The summed E-state index contributed by atoms with van der Waals surface area (Å²) < 4.78 is 19.4. The van der Waals surface area contributed by atoms with E-state index in [9.17, 15) is 0 Å². The number of methoxy groups -OCH3 is 1. The third-order valence-corrected chi connectivity index (χ3v) is 7.03. The van der Waals surface area contributed by atoms with Crippen LogP contribution in [0.2, 0.25) is 5.02 Å². The lowest BCUT2D eigenvalue weighted by Crippen LogP contribution is -2.15. The SMILES string of the molecule is COc1ccc(C2c3c(ccc4ccccc34)Oc3ncn4nc(COc5ccc(Cl)cc5)nc4c32)cc1. The fraction of sp³-hybridized carbons (Fsp3) is 0.100. The minimum Gasteiger partial charge on any atom is -0.497 e. The summed E-state index contributed by atoms with van der Waals surface area (Å²) in [6.45, 7) is 0.200. The third-order valence-electron chi connectivity index (χ3n) is 6.78. The van der Waals surface area contributed by atoms with Gasteiger partial charge in [0.25, 0.3) is 0 Å². The highest BCUT2D eigenvalue weighted by Crippen LogP contribution is 2.50. The van der Waals surface area contributed by atoms with Gasteiger partial charge in [-0.3, -0.25) is 0 Å². The average molecular weight is 521 g/mol. The first-order valence-corrected chi connectivity index (χ1v) is 12.5. The Bertz CT molecular complexity index is 1800. The van der Waals surface area contributed by atoms with Crippen LogP contribution in [0.25, 0.3) is 16.4 Å². The van der Waals surface area contributed by atoms with Gasteiger partial charge in [-0.2, -0.15) is 0 Å². The van der Waals surface area contributed by atoms with Crippen molar-refractivity contribution >= 4 is 28.0 Å². The summed E-state index contributed by atoms with van der Waals surface area (Å²) in [7, 11) is 1.67. The molecule has 0 saturated carbocycles. The number of aromatic nitrogens is 4. The highest BCUT2D eigenvalue weighted by atomic mass is 35.5. The minimum absolute atomic E-state index is 0.184. The maximum absolute atomic E-state index is 6.38. The minimum atomic E-state index is -0.184. The van der Waals surface area contributed by atoms with Crippen molar-refractivity contribution in [3.8, 4) is 23.1 Å². The molecule has 7 nitrogen and oxygen atoms in total. The molecule has 1 aliphatic heterocycles. The zero-order valence-corrected chi connectivity index (χ0v) is 21.1. The smallest absolute Gasteiger partial charge is 0.228 e. The number of rotatable bonds is 5. The number of ether oxygens (including phenoxy) is 3. The van der Waals surface area contributed by atoms with E-state index in [1.54, 1.807) is 30.1 Å². The van der Waals surface area contributed by atoms with Gasteiger partial charge in [-0.05, 0) is 58.8 Å². The molecular weight excluding hydrogens is 500 g/mol. The molecule has 7 rings (SSSR count). The monoisotopic (exact) mass is 520 g/mol. The van der Waals surface area contributed by atoms with Gasteiger partial charge in [0.1, 0.15) is 30.2 Å². The van der Waals surface area contributed by atoms with Gasteiger partial charge in [-0.15, -0.1) is 5.10 Å². The molecule has 1 atom stereocenters. The van der Waals surface area contributed by atoms with Crippen molar-refractivity contribution in [1.82, 2.24) is 19.6 Å². The van der Waals surface area contributed by atoms with E-state index in [1.807, 2.05) is 42.5 Å². The van der Waals surface area contributed by atoms with Crippen molar-refractivity contribution in [2.75, 3.05) is 7.11 Å². The summed E-state index contributed by atoms with van der Waals surface area (Å²) in [4.78, 5) is 9.51. The number of hydrogen-bond acceptors (Lipinski definition) is 6. The second-order valence-electron chi connectivity index (χ2n) is 9.01. The van der Waals surface area contributed by atoms with Crippen LogP contribution in [0.1, 0.15) is 28.4 Å². The van der Waals surface area contributed by atoms with E-state index in [0.29, 0.717) is 28.1 Å². The van der Waals surface area contributed by atoms with E-state index in [4.69, 9.17) is 30.8 Å². The van der Waals surface area contributed by atoms with Crippen molar-refractivity contribution in [1.29, 1.82) is 0 Å². The molecule has 3 heterocycles. The summed E-state index contributed by atoms with van der Waals surface area (Å²) in [5, 5.41) is 7.54. The summed E-state index contributed by atoms with van der Waals surface area (Å²) in [5.41, 5.74) is 3.67. The zero-order chi connectivity index (χ0) is 25.6. The van der Waals surface area contributed by atoms with Gasteiger partial charge in [0.2, 0.25) is 5.88 Å². The molecule has 0 saturated heterocycles. The molecule has 2 aromatic heterocycles. The van der Waals surface area contributed by atoms with Crippen molar-refractivity contribution in [3.05, 3.63) is 119 Å². The van der Waals surface area contributed by atoms with E-state index >= 15 is 0 Å². The predicted octanol–water partition coefficient (Wildman–Crippen LogP) is 6.80. The lowest BCUT2D eigenvalue weighted by atomic mass is 9.81. The van der Waals surface area contributed by atoms with Crippen molar-refractivity contribution in [2.45, 2.75) is 12.5 Å². The number of hydrogen-bond donors (Lipinski definition) is 0. The fourth-order valence-electron chi connectivity index (χ4n) is 5.02. The first kappa shape index (κ1) is 22.6. The Balaban J connectivity index is 1.39. The van der Waals surface area contributed by atoms with E-state index in [-0.39, 0.29) is 12.5 Å². The Morgan fingerprint density at radius 1 is 0.895 bits per heavy atom. The number of fused-ring (bicyclic) bond motifs is 6. The highest BCUT2D eigenvalue weighted by Gasteiger charge is 2.34. The van der Waals surface area contributed by atoms with Crippen LogP contribution in [0.15, 0.2) is 91.3 Å². The van der Waals surface area contributed by atoms with Crippen LogP contribution in [0.3, 0.4) is 0 Å². The number of benzene rings is 4. The third kappa shape index (κ3) is 3.79. The summed E-state index contributed by atoms with van der Waals surface area (Å²) in [6, 6.07) is 27.7. The summed E-state index contributed by atoms with van der Waals surface area (Å²) >= 11 is 5.99. The quantitative estimate of drug-likeness (QED) is 0.248. The van der Waals surface area contributed by atoms with Crippen LogP contribution in [-0.2, 0) is 6.61 Å². The molecule has 0 amide bonds. The Labute approximate surface area is 223 Å². The maximum Gasteiger partial charge on any atom is 0.228 e. The van der Waals surface area contributed by atoms with Crippen LogP contribution in [0.5, 0.6) is 23.1 Å². The highest BCUT2D eigenvalue weighted by molar-refractivity contribution is 6.30. The van der Waals surface area contributed by atoms with Crippen LogP contribution in [0, 0.1) is 0 Å². The zero-order valence-electron chi connectivity index (χ0n) is 20.3. The van der Waals surface area contributed by atoms with Gasteiger partial charge in [0, 0.05) is 16.5 Å². The van der Waals surface area contributed by atoms with Gasteiger partial charge < -0.3 is 14.2 Å². The molecule has 6 aromatic rings. The molecule has 0 radical (unpaired) electrons. The Morgan fingerprint density at radius 3 is 2.50 bits per heavy atom. The van der Waals surface area contributed by atoms with E-state index in [2.05, 4.69) is 40.4 Å². The lowest BCUT2D eigenvalue weighted by Gasteiger charge is -2.29. The second-order valence-corrected chi connectivity index (χ2v) is 9.45. The van der Waals surface area contributed by atoms with E-state index in [1.165, 1.54) is 0 Å². The molecule has 1 unspecified atom stereocenters. The molecule has 4 aromatic carbocycles. The van der Waals surface area contributed by atoms with Crippen molar-refractivity contribution < 1.29 is 14.2 Å². The second kappa shape index (κ2) is 9.04. The van der Waals surface area contributed by atoms with Crippen molar-refractivity contribution in [3.63, 3.8) is 0 Å². The van der Waals surface area contributed by atoms with Crippen LogP contribution in [0.4, 0.5) is 0 Å². The number of halogens is 1. The molecule has 0 spiro atoms. The Morgan fingerprint density at radius 2 is 1.68 bits per heavy atom. The van der Waals surface area contributed by atoms with E-state index < -0.39 is 0 Å². The molecular formula is C30H21ClN4O3. The van der Waals surface area contributed by atoms with Crippen LogP contribution < -0.4 is 14.2 Å². The number of nitrogens with zero attached hydrogens (tertiary/aromatic N) is 4. The van der Waals surface area contributed by atoms with Crippen LogP contribution >= 0.6 is 11.6 Å². The fourth-order valence-corrected chi connectivity index (χ4v) is 5.14. The molecule has 8 heteroatoms. The van der Waals surface area contributed by atoms with Gasteiger partial charge >= 0.3 is 0 Å². The predicted molar refractivity (Wildman–Crippen MR) is 145 cm³/mol. The molecule has 0 N–H and O–H groups in total. The van der Waals surface area contributed by atoms with Crippen molar-refractivity contribution in [2.24, 2.45) is 0 Å². The van der Waals surface area contributed by atoms with Gasteiger partial charge in [-0.25, -0.2) is 14.5 Å². The average Bonchev–Trinajstić information content (AvgIpc) is 3.39. The molecule has 0 bridgehead atoms. The normalized spacial score (nSPS) is 14.1. The molecule has 1 aliphatic rings. The maximum atomic E-state index is 6.38. The first-order valence-electron chi connectivity index (χ1n) is 12.1. The van der Waals surface area contributed by atoms with E-state index in [0.717, 1.165) is 39.0 Å². The summed E-state index contributed by atoms with van der Waals surface area (Å²) in [6.07, 6.45) is 1.63. The van der Waals surface area contributed by atoms with Gasteiger partial charge in [0.05, 0.1) is 12.7 Å². The summed E-state index contributed by atoms with van der Waals surface area (Å²) in [5.74, 6) is 3.12. The Kier molecular flexibility index (Phi) is 5.37. The van der Waals surface area contributed by atoms with Crippen LogP contribution in [-0.4, -0.2) is 26.7 Å². The largest absolute Gasteiger partial charge is 0.497 e. The Hall–Kier alpha value is -4.62. The van der Waals surface area contributed by atoms with Gasteiger partial charge in [0.15, 0.2) is 11.5 Å². The molecule has 38 heavy (non-hydrogen) atoms. The van der Waals surface area contributed by atoms with Gasteiger partial charge in [-0.1, -0.05) is 54.1 Å². The lowest BCUT2D eigenvalue weighted by molar-refractivity contribution is 0.296. The first-order chi connectivity index (χ1) is 18.7. The standard InChI is InChI=1S/C30H21ClN4O3/c1-36-21-11-6-19(7-12-21)26-27-23-5-3-2-4-18(23)8-15-24(27)38-30-28(26)29-33-25(34-35(29)17-32-30)16-37-22-13-9-20(31)10-14-22/h2-15,17,26H,16H2,1H3. The molecule has 0 fully saturated rings. The molecule has 0 aliphatic carbocycles. The molecule has 186 valence electrons.